The SMILES string of the molecule is COC(=O)CCCC=C1CCC2C1CC(OC1CCCCO1)C2CO[Si](C)(C)C(C)(C)C. The van der Waals surface area contributed by atoms with Gasteiger partial charge in [0.2, 0.25) is 0 Å². The molecule has 5 nitrogen and oxygen atoms in total. The quantitative estimate of drug-likeness (QED) is 0.174. The monoisotopic (exact) mass is 466 g/mol. The Morgan fingerprint density at radius 2 is 2.00 bits per heavy atom. The van der Waals surface area contributed by atoms with Gasteiger partial charge in [-0.2, -0.15) is 0 Å². The average Bonchev–Trinajstić information content (AvgIpc) is 3.28. The van der Waals surface area contributed by atoms with Crippen LogP contribution in [0, 0.1) is 17.8 Å². The number of unbranched alkanes of at least 4 members (excludes halogenated alkanes) is 1. The second kappa shape index (κ2) is 11.2. The van der Waals surface area contributed by atoms with Gasteiger partial charge in [0, 0.05) is 25.6 Å². The molecule has 3 rings (SSSR count). The highest BCUT2D eigenvalue weighted by atomic mass is 28.4. The van der Waals surface area contributed by atoms with Gasteiger partial charge in [0.25, 0.3) is 0 Å². The van der Waals surface area contributed by atoms with Gasteiger partial charge in [-0.25, -0.2) is 0 Å². The van der Waals surface area contributed by atoms with Crippen molar-refractivity contribution in [3.8, 4) is 0 Å². The van der Waals surface area contributed by atoms with Crippen molar-refractivity contribution in [2.45, 2.75) is 109 Å². The van der Waals surface area contributed by atoms with Crippen LogP contribution in [0.4, 0.5) is 0 Å². The maximum absolute atomic E-state index is 11.4. The van der Waals surface area contributed by atoms with Crippen molar-refractivity contribution in [2.24, 2.45) is 17.8 Å². The zero-order valence-electron chi connectivity index (χ0n) is 21.3. The minimum atomic E-state index is -1.80. The summed E-state index contributed by atoms with van der Waals surface area (Å²) in [4.78, 5) is 11.4. The van der Waals surface area contributed by atoms with Crippen LogP contribution in [0.5, 0.6) is 0 Å². The molecule has 2 saturated carbocycles. The van der Waals surface area contributed by atoms with E-state index in [0.29, 0.717) is 24.2 Å². The summed E-state index contributed by atoms with van der Waals surface area (Å²) in [7, 11) is -0.339. The Morgan fingerprint density at radius 3 is 2.66 bits per heavy atom. The Morgan fingerprint density at radius 1 is 1.22 bits per heavy atom. The molecular weight excluding hydrogens is 420 g/mol. The highest BCUT2D eigenvalue weighted by Crippen LogP contribution is 2.52. The Kier molecular flexibility index (Phi) is 9.04. The van der Waals surface area contributed by atoms with E-state index in [2.05, 4.69) is 39.9 Å². The number of esters is 1. The summed E-state index contributed by atoms with van der Waals surface area (Å²) in [6, 6.07) is 0. The molecular formula is C26H46O5Si. The average molecular weight is 467 g/mol. The molecule has 0 aromatic rings. The van der Waals surface area contributed by atoms with Gasteiger partial charge in [0.05, 0.1) is 13.2 Å². The molecule has 0 amide bonds. The topological polar surface area (TPSA) is 54.0 Å². The summed E-state index contributed by atoms with van der Waals surface area (Å²) in [5, 5.41) is 0.216. The van der Waals surface area contributed by atoms with Gasteiger partial charge in [0.1, 0.15) is 0 Å². The van der Waals surface area contributed by atoms with Crippen molar-refractivity contribution in [3.05, 3.63) is 11.6 Å². The summed E-state index contributed by atoms with van der Waals surface area (Å²) in [6.07, 6.45) is 11.7. The second-order valence-corrected chi connectivity index (χ2v) is 16.3. The first-order valence-corrected chi connectivity index (χ1v) is 15.7. The fourth-order valence-electron chi connectivity index (χ4n) is 5.35. The molecule has 184 valence electrons. The van der Waals surface area contributed by atoms with E-state index in [1.165, 1.54) is 26.4 Å². The molecule has 32 heavy (non-hydrogen) atoms. The van der Waals surface area contributed by atoms with E-state index in [0.717, 1.165) is 45.3 Å². The number of hydrogen-bond acceptors (Lipinski definition) is 5. The van der Waals surface area contributed by atoms with E-state index in [-0.39, 0.29) is 23.4 Å². The molecule has 5 unspecified atom stereocenters. The van der Waals surface area contributed by atoms with Crippen LogP contribution in [-0.2, 0) is 23.4 Å². The number of hydrogen-bond donors (Lipinski definition) is 0. The lowest BCUT2D eigenvalue weighted by Crippen LogP contribution is -2.43. The Balaban J connectivity index is 1.66. The lowest BCUT2D eigenvalue weighted by molar-refractivity contribution is -0.197. The first kappa shape index (κ1) is 25.9. The molecule has 3 fully saturated rings. The Bertz CT molecular complexity index is 647. The van der Waals surface area contributed by atoms with Crippen LogP contribution >= 0.6 is 0 Å². The van der Waals surface area contributed by atoms with Gasteiger partial charge >= 0.3 is 5.97 Å². The van der Waals surface area contributed by atoms with Crippen LogP contribution in [0.3, 0.4) is 0 Å². The van der Waals surface area contributed by atoms with Crippen LogP contribution in [0.15, 0.2) is 11.6 Å². The molecule has 3 aliphatic rings. The number of fused-ring (bicyclic) bond motifs is 1. The molecule has 6 heteroatoms. The van der Waals surface area contributed by atoms with E-state index >= 15 is 0 Å². The van der Waals surface area contributed by atoms with Gasteiger partial charge in [-0.05, 0) is 81.3 Å². The van der Waals surface area contributed by atoms with Gasteiger partial charge in [0.15, 0.2) is 14.6 Å². The summed E-state index contributed by atoms with van der Waals surface area (Å²) in [5.41, 5.74) is 1.58. The maximum Gasteiger partial charge on any atom is 0.305 e. The van der Waals surface area contributed by atoms with Gasteiger partial charge < -0.3 is 18.6 Å². The smallest absolute Gasteiger partial charge is 0.305 e. The molecule has 1 aliphatic heterocycles. The van der Waals surface area contributed by atoms with Crippen molar-refractivity contribution in [2.75, 3.05) is 20.3 Å². The summed E-state index contributed by atoms with van der Waals surface area (Å²) >= 11 is 0. The van der Waals surface area contributed by atoms with Crippen LogP contribution in [-0.4, -0.2) is 47.0 Å². The van der Waals surface area contributed by atoms with E-state index in [4.69, 9.17) is 18.6 Å². The van der Waals surface area contributed by atoms with E-state index in [9.17, 15) is 4.79 Å². The minimum Gasteiger partial charge on any atom is -0.469 e. The second-order valence-electron chi connectivity index (χ2n) is 11.5. The first-order valence-electron chi connectivity index (χ1n) is 12.8. The van der Waals surface area contributed by atoms with Crippen molar-refractivity contribution in [3.63, 3.8) is 0 Å². The third-order valence-corrected chi connectivity index (χ3v) is 12.9. The minimum absolute atomic E-state index is 0.0459. The highest BCUT2D eigenvalue weighted by molar-refractivity contribution is 6.74. The zero-order valence-corrected chi connectivity index (χ0v) is 22.3. The normalized spacial score (nSPS) is 32.3. The van der Waals surface area contributed by atoms with Crippen molar-refractivity contribution < 1.29 is 23.4 Å². The molecule has 0 spiro atoms. The van der Waals surface area contributed by atoms with E-state index < -0.39 is 8.32 Å². The number of carbonyl (C=O) groups excluding carboxylic acids is 1. The highest BCUT2D eigenvalue weighted by Gasteiger charge is 2.50. The lowest BCUT2D eigenvalue weighted by atomic mass is 9.91. The fraction of sp³-hybridized carbons (Fsp3) is 0.885. The molecule has 1 heterocycles. The number of carbonyl (C=O) groups is 1. The van der Waals surface area contributed by atoms with Gasteiger partial charge in [-0.1, -0.05) is 32.4 Å². The molecule has 5 atom stereocenters. The molecule has 0 N–H and O–H groups in total. The molecule has 2 aliphatic carbocycles. The largest absolute Gasteiger partial charge is 0.469 e. The predicted molar refractivity (Wildman–Crippen MR) is 130 cm³/mol. The van der Waals surface area contributed by atoms with E-state index in [1.54, 1.807) is 5.57 Å². The first-order chi connectivity index (χ1) is 15.1. The molecule has 0 radical (unpaired) electrons. The summed E-state index contributed by atoms with van der Waals surface area (Å²) in [6.45, 7) is 13.3. The number of rotatable bonds is 9. The van der Waals surface area contributed by atoms with Gasteiger partial charge in [-0.3, -0.25) is 4.79 Å². The van der Waals surface area contributed by atoms with Crippen molar-refractivity contribution >= 4 is 14.3 Å². The zero-order chi connectivity index (χ0) is 23.4. The molecule has 0 aromatic carbocycles. The van der Waals surface area contributed by atoms with Crippen LogP contribution in [0.1, 0.15) is 78.6 Å². The van der Waals surface area contributed by atoms with Crippen molar-refractivity contribution in [1.29, 1.82) is 0 Å². The summed E-state index contributed by atoms with van der Waals surface area (Å²) in [5.74, 6) is 1.56. The van der Waals surface area contributed by atoms with E-state index in [1.807, 2.05) is 0 Å². The molecule has 0 aromatic heterocycles. The third-order valence-electron chi connectivity index (χ3n) is 8.40. The maximum atomic E-state index is 11.4. The number of methoxy groups -OCH3 is 1. The number of allylic oxidation sites excluding steroid dienone is 2. The molecule has 0 bridgehead atoms. The van der Waals surface area contributed by atoms with Crippen LogP contribution in [0.2, 0.25) is 18.1 Å². The van der Waals surface area contributed by atoms with Crippen LogP contribution < -0.4 is 0 Å². The number of ether oxygens (including phenoxy) is 3. The Labute approximate surface area is 196 Å². The Hall–Kier alpha value is -0.693. The summed E-state index contributed by atoms with van der Waals surface area (Å²) < 4.78 is 24.0. The molecule has 1 saturated heterocycles. The standard InChI is InChI=1S/C26H46O5Si/c1-26(2,3)32(5,6)30-18-22-20-15-14-19(11-7-8-12-24(27)28-4)21(20)17-23(22)31-25-13-9-10-16-29-25/h11,20-23,25H,7-10,12-18H2,1-6H3. The van der Waals surface area contributed by atoms with Crippen LogP contribution in [0.25, 0.3) is 0 Å². The fourth-order valence-corrected chi connectivity index (χ4v) is 6.39. The third kappa shape index (κ3) is 6.46. The van der Waals surface area contributed by atoms with Crippen molar-refractivity contribution in [1.82, 2.24) is 0 Å². The van der Waals surface area contributed by atoms with Gasteiger partial charge in [-0.15, -0.1) is 0 Å². The lowest BCUT2D eigenvalue weighted by Gasteiger charge is -2.38. The predicted octanol–water partition coefficient (Wildman–Crippen LogP) is 6.24.